The molecule has 2 aromatic heterocycles. The molecular formula is C23H26N8O2. The first-order valence-corrected chi connectivity index (χ1v) is 10.6. The lowest BCUT2D eigenvalue weighted by atomic mass is 9.83. The maximum atomic E-state index is 12.0. The Kier molecular flexibility index (Phi) is 5.74. The summed E-state index contributed by atoms with van der Waals surface area (Å²) in [5.74, 6) is 0.638. The van der Waals surface area contributed by atoms with Gasteiger partial charge in [0.2, 0.25) is 5.95 Å². The highest BCUT2D eigenvalue weighted by molar-refractivity contribution is 5.93. The van der Waals surface area contributed by atoms with Gasteiger partial charge in [-0.2, -0.15) is 10.4 Å². The molecule has 33 heavy (non-hydrogen) atoms. The van der Waals surface area contributed by atoms with Crippen molar-refractivity contribution in [1.82, 2.24) is 25.1 Å². The molecule has 0 aliphatic carbocycles. The fraction of sp³-hybridized carbons (Fsp3) is 0.348. The van der Waals surface area contributed by atoms with Crippen LogP contribution in [-0.4, -0.2) is 51.0 Å². The molecule has 1 aliphatic rings. The SMILES string of the molecule is CNC(=O)c1cc(Nc2nccc(-c3cc(C#N)c4c(c3)[C@@](C)(CO)CN4)n2)n(C(C)C)n1. The van der Waals surface area contributed by atoms with Gasteiger partial charge < -0.3 is 21.1 Å². The Morgan fingerprint density at radius 3 is 2.85 bits per heavy atom. The zero-order valence-electron chi connectivity index (χ0n) is 19.0. The van der Waals surface area contributed by atoms with Crippen molar-refractivity contribution in [2.75, 3.05) is 30.8 Å². The number of aliphatic hydroxyl groups excluding tert-OH is 1. The number of aromatic nitrogens is 4. The van der Waals surface area contributed by atoms with Gasteiger partial charge in [-0.15, -0.1) is 0 Å². The molecule has 4 N–H and O–H groups in total. The van der Waals surface area contributed by atoms with Gasteiger partial charge in [0.1, 0.15) is 11.9 Å². The van der Waals surface area contributed by atoms with Gasteiger partial charge in [-0.1, -0.05) is 6.92 Å². The summed E-state index contributed by atoms with van der Waals surface area (Å²) < 4.78 is 1.70. The molecule has 0 fully saturated rings. The molecule has 0 unspecified atom stereocenters. The first-order valence-electron chi connectivity index (χ1n) is 10.6. The highest BCUT2D eigenvalue weighted by atomic mass is 16.3. The van der Waals surface area contributed by atoms with Crippen LogP contribution in [-0.2, 0) is 5.41 Å². The van der Waals surface area contributed by atoms with Gasteiger partial charge in [-0.25, -0.2) is 14.6 Å². The highest BCUT2D eigenvalue weighted by Gasteiger charge is 2.36. The van der Waals surface area contributed by atoms with Gasteiger partial charge in [0, 0.05) is 42.9 Å². The molecule has 10 nitrogen and oxygen atoms in total. The molecule has 0 radical (unpaired) electrons. The van der Waals surface area contributed by atoms with E-state index < -0.39 is 5.41 Å². The van der Waals surface area contributed by atoms with Crippen molar-refractivity contribution >= 4 is 23.4 Å². The van der Waals surface area contributed by atoms with Gasteiger partial charge in [0.05, 0.1) is 23.6 Å². The van der Waals surface area contributed by atoms with Crippen LogP contribution in [0.25, 0.3) is 11.3 Å². The lowest BCUT2D eigenvalue weighted by molar-refractivity contribution is 0.0957. The van der Waals surface area contributed by atoms with Gasteiger partial charge in [0.25, 0.3) is 5.91 Å². The second-order valence-electron chi connectivity index (χ2n) is 8.55. The second kappa shape index (κ2) is 8.52. The Hall–Kier alpha value is -3.97. The van der Waals surface area contributed by atoms with Gasteiger partial charge in [0.15, 0.2) is 5.69 Å². The Morgan fingerprint density at radius 1 is 1.39 bits per heavy atom. The molecule has 0 saturated heterocycles. The minimum absolute atomic E-state index is 0.00708. The van der Waals surface area contributed by atoms with Crippen molar-refractivity contribution in [3.63, 3.8) is 0 Å². The number of hydrogen-bond donors (Lipinski definition) is 4. The van der Waals surface area contributed by atoms with Crippen LogP contribution in [0, 0.1) is 11.3 Å². The van der Waals surface area contributed by atoms with Crippen LogP contribution in [0.15, 0.2) is 30.5 Å². The Balaban J connectivity index is 1.72. The molecule has 10 heteroatoms. The summed E-state index contributed by atoms with van der Waals surface area (Å²) >= 11 is 0. The molecule has 1 atom stereocenters. The number of aliphatic hydroxyl groups is 1. The largest absolute Gasteiger partial charge is 0.395 e. The summed E-state index contributed by atoms with van der Waals surface area (Å²) in [5.41, 5.74) is 3.33. The van der Waals surface area contributed by atoms with Crippen LogP contribution in [0.3, 0.4) is 0 Å². The molecule has 1 aliphatic heterocycles. The summed E-state index contributed by atoms with van der Waals surface area (Å²) in [6, 6.07) is 9.40. The van der Waals surface area contributed by atoms with Crippen molar-refractivity contribution < 1.29 is 9.90 Å². The summed E-state index contributed by atoms with van der Waals surface area (Å²) in [6.07, 6.45) is 1.63. The number of anilines is 3. The van der Waals surface area contributed by atoms with Crippen LogP contribution in [0.2, 0.25) is 0 Å². The van der Waals surface area contributed by atoms with Crippen LogP contribution in [0.4, 0.5) is 17.5 Å². The maximum Gasteiger partial charge on any atom is 0.271 e. The van der Waals surface area contributed by atoms with E-state index in [0.717, 1.165) is 16.8 Å². The van der Waals surface area contributed by atoms with Crippen molar-refractivity contribution in [2.45, 2.75) is 32.2 Å². The fourth-order valence-electron chi connectivity index (χ4n) is 3.88. The highest BCUT2D eigenvalue weighted by Crippen LogP contribution is 2.41. The quantitative estimate of drug-likeness (QED) is 0.453. The van der Waals surface area contributed by atoms with E-state index in [1.54, 1.807) is 36.1 Å². The van der Waals surface area contributed by atoms with Gasteiger partial charge in [-0.05, 0) is 37.6 Å². The Labute approximate surface area is 191 Å². The lowest BCUT2D eigenvalue weighted by Crippen LogP contribution is -2.28. The van der Waals surface area contributed by atoms with Gasteiger partial charge in [-0.3, -0.25) is 4.79 Å². The first kappa shape index (κ1) is 22.2. The third-order valence-electron chi connectivity index (χ3n) is 5.79. The molecule has 0 bridgehead atoms. The third kappa shape index (κ3) is 3.99. The monoisotopic (exact) mass is 446 g/mol. The summed E-state index contributed by atoms with van der Waals surface area (Å²) in [6.45, 7) is 6.40. The molecule has 3 heterocycles. The number of amides is 1. The Morgan fingerprint density at radius 2 is 2.18 bits per heavy atom. The van der Waals surface area contributed by atoms with Crippen molar-refractivity contribution in [3.05, 3.63) is 47.3 Å². The fourth-order valence-corrected chi connectivity index (χ4v) is 3.88. The van der Waals surface area contributed by atoms with E-state index in [9.17, 15) is 15.2 Å². The predicted molar refractivity (Wildman–Crippen MR) is 124 cm³/mol. The average molecular weight is 447 g/mol. The lowest BCUT2D eigenvalue weighted by Gasteiger charge is -2.21. The second-order valence-corrected chi connectivity index (χ2v) is 8.55. The number of nitrogens with zero attached hydrogens (tertiary/aromatic N) is 5. The normalized spacial score (nSPS) is 16.8. The summed E-state index contributed by atoms with van der Waals surface area (Å²) in [5, 5.41) is 33.0. The number of fused-ring (bicyclic) bond motifs is 1. The third-order valence-corrected chi connectivity index (χ3v) is 5.79. The van der Waals surface area contributed by atoms with Gasteiger partial charge >= 0.3 is 0 Å². The minimum atomic E-state index is -0.481. The van der Waals surface area contributed by atoms with Crippen molar-refractivity contribution in [3.8, 4) is 17.3 Å². The Bertz CT molecular complexity index is 1260. The molecule has 1 aromatic carbocycles. The van der Waals surface area contributed by atoms with Crippen LogP contribution < -0.4 is 16.0 Å². The van der Waals surface area contributed by atoms with Crippen LogP contribution in [0.1, 0.15) is 48.4 Å². The molecule has 1 amide bonds. The maximum absolute atomic E-state index is 12.0. The molecule has 4 rings (SSSR count). The average Bonchev–Trinajstić information content (AvgIpc) is 3.40. The first-order chi connectivity index (χ1) is 15.8. The zero-order valence-corrected chi connectivity index (χ0v) is 19.0. The number of rotatable bonds is 6. The van der Waals surface area contributed by atoms with E-state index >= 15 is 0 Å². The van der Waals surface area contributed by atoms with E-state index in [2.05, 4.69) is 37.1 Å². The van der Waals surface area contributed by atoms with E-state index in [-0.39, 0.29) is 24.2 Å². The summed E-state index contributed by atoms with van der Waals surface area (Å²) in [4.78, 5) is 21.0. The number of hydrogen-bond acceptors (Lipinski definition) is 8. The van der Waals surface area contributed by atoms with E-state index in [0.29, 0.717) is 29.6 Å². The molecule has 3 aromatic rings. The molecule has 0 spiro atoms. The van der Waals surface area contributed by atoms with E-state index in [1.807, 2.05) is 26.8 Å². The standard InChI is InChI=1S/C23H26N8O2/c1-13(2)31-19(9-18(30-31)21(33)25-4)29-22-26-6-5-17(28-22)14-7-15(10-24)20-16(8-14)23(3,12-32)11-27-20/h5-9,13,27,32H,11-12H2,1-4H3,(H,25,33)(H,26,28,29)/t23-/m1/s1. The van der Waals surface area contributed by atoms with Crippen LogP contribution in [0.5, 0.6) is 0 Å². The predicted octanol–water partition coefficient (Wildman–Crippen LogP) is 2.57. The number of carbonyl (C=O) groups is 1. The smallest absolute Gasteiger partial charge is 0.271 e. The molecule has 170 valence electrons. The van der Waals surface area contributed by atoms with Crippen molar-refractivity contribution in [1.29, 1.82) is 5.26 Å². The number of benzene rings is 1. The topological polar surface area (TPSA) is 141 Å². The minimum Gasteiger partial charge on any atom is -0.395 e. The summed E-state index contributed by atoms with van der Waals surface area (Å²) in [7, 11) is 1.56. The van der Waals surface area contributed by atoms with E-state index in [4.69, 9.17) is 0 Å². The molecular weight excluding hydrogens is 420 g/mol. The number of carbonyl (C=O) groups excluding carboxylic acids is 1. The van der Waals surface area contributed by atoms with Crippen LogP contribution >= 0.6 is 0 Å². The molecule has 0 saturated carbocycles. The number of nitriles is 1. The van der Waals surface area contributed by atoms with E-state index in [1.165, 1.54) is 0 Å². The zero-order chi connectivity index (χ0) is 23.8. The number of nitrogens with one attached hydrogen (secondary N) is 3. The van der Waals surface area contributed by atoms with Crippen molar-refractivity contribution in [2.24, 2.45) is 0 Å².